The van der Waals surface area contributed by atoms with E-state index in [1.807, 2.05) is 42.5 Å². The molecule has 2 N–H and O–H groups in total. The summed E-state index contributed by atoms with van der Waals surface area (Å²) in [5.74, 6) is 1.28. The van der Waals surface area contributed by atoms with Gasteiger partial charge in [-0.2, -0.15) is 0 Å². The highest BCUT2D eigenvalue weighted by atomic mass is 16.5. The summed E-state index contributed by atoms with van der Waals surface area (Å²) in [6.45, 7) is 1.68. The van der Waals surface area contributed by atoms with Crippen LogP contribution < -0.4 is 4.74 Å². The maximum Gasteiger partial charge on any atom is 0.133 e. The second-order valence-electron chi connectivity index (χ2n) is 4.12. The number of aliphatic hydroxyl groups is 2. The summed E-state index contributed by atoms with van der Waals surface area (Å²) >= 11 is 0. The third-order valence-corrected chi connectivity index (χ3v) is 2.68. The van der Waals surface area contributed by atoms with Gasteiger partial charge in [0.1, 0.15) is 11.5 Å². The highest BCUT2D eigenvalue weighted by Crippen LogP contribution is 2.29. The Morgan fingerprint density at radius 3 is 2.61 bits per heavy atom. The average Bonchev–Trinajstić information content (AvgIpc) is 2.39. The van der Waals surface area contributed by atoms with Crippen LogP contribution in [0.3, 0.4) is 0 Å². The standard InChI is InChI=1S/C15H16O3/c1-11(17)14-7-2-3-8-15(14)18-13-6-4-5-12(9-13)10-16/h2-9,11,16-17H,10H2,1H3. The first-order chi connectivity index (χ1) is 8.70. The van der Waals surface area contributed by atoms with Crippen molar-refractivity contribution in [1.82, 2.24) is 0 Å². The lowest BCUT2D eigenvalue weighted by Crippen LogP contribution is -1.96. The summed E-state index contributed by atoms with van der Waals surface area (Å²) in [5, 5.41) is 18.7. The van der Waals surface area contributed by atoms with Crippen molar-refractivity contribution >= 4 is 0 Å². The molecule has 3 heteroatoms. The van der Waals surface area contributed by atoms with Crippen LogP contribution >= 0.6 is 0 Å². The molecule has 18 heavy (non-hydrogen) atoms. The Balaban J connectivity index is 2.28. The summed E-state index contributed by atoms with van der Waals surface area (Å²) in [6.07, 6.45) is -0.581. The largest absolute Gasteiger partial charge is 0.457 e. The van der Waals surface area contributed by atoms with Crippen molar-refractivity contribution in [1.29, 1.82) is 0 Å². The van der Waals surface area contributed by atoms with E-state index in [2.05, 4.69) is 0 Å². The zero-order valence-electron chi connectivity index (χ0n) is 10.2. The third kappa shape index (κ3) is 2.88. The first-order valence-electron chi connectivity index (χ1n) is 5.85. The van der Waals surface area contributed by atoms with Crippen LogP contribution in [-0.2, 0) is 6.61 Å². The topological polar surface area (TPSA) is 49.7 Å². The van der Waals surface area contributed by atoms with Crippen LogP contribution in [0.25, 0.3) is 0 Å². The molecule has 0 saturated carbocycles. The molecule has 0 aliphatic carbocycles. The average molecular weight is 244 g/mol. The van der Waals surface area contributed by atoms with E-state index in [9.17, 15) is 5.11 Å². The van der Waals surface area contributed by atoms with Gasteiger partial charge in [-0.25, -0.2) is 0 Å². The molecule has 0 aliphatic heterocycles. The van der Waals surface area contributed by atoms with Gasteiger partial charge < -0.3 is 14.9 Å². The fraction of sp³-hybridized carbons (Fsp3) is 0.200. The number of ether oxygens (including phenoxy) is 1. The number of hydrogen-bond acceptors (Lipinski definition) is 3. The van der Waals surface area contributed by atoms with Gasteiger partial charge in [-0.15, -0.1) is 0 Å². The minimum atomic E-state index is -0.581. The Morgan fingerprint density at radius 2 is 1.89 bits per heavy atom. The van der Waals surface area contributed by atoms with Crippen molar-refractivity contribution in [2.24, 2.45) is 0 Å². The fourth-order valence-electron chi connectivity index (χ4n) is 1.75. The van der Waals surface area contributed by atoms with E-state index in [-0.39, 0.29) is 6.61 Å². The second-order valence-corrected chi connectivity index (χ2v) is 4.12. The monoisotopic (exact) mass is 244 g/mol. The fourth-order valence-corrected chi connectivity index (χ4v) is 1.75. The van der Waals surface area contributed by atoms with E-state index in [1.54, 1.807) is 13.0 Å². The molecule has 2 rings (SSSR count). The first-order valence-corrected chi connectivity index (χ1v) is 5.85. The summed E-state index contributed by atoms with van der Waals surface area (Å²) in [4.78, 5) is 0. The molecule has 94 valence electrons. The molecule has 2 aromatic carbocycles. The van der Waals surface area contributed by atoms with E-state index in [4.69, 9.17) is 9.84 Å². The Bertz CT molecular complexity index is 521. The number of aliphatic hydroxyl groups excluding tert-OH is 2. The Hall–Kier alpha value is -1.84. The third-order valence-electron chi connectivity index (χ3n) is 2.68. The lowest BCUT2D eigenvalue weighted by molar-refractivity contribution is 0.195. The quantitative estimate of drug-likeness (QED) is 0.869. The highest BCUT2D eigenvalue weighted by molar-refractivity contribution is 5.39. The lowest BCUT2D eigenvalue weighted by Gasteiger charge is -2.13. The Kier molecular flexibility index (Phi) is 3.97. The Morgan fingerprint density at radius 1 is 1.11 bits per heavy atom. The van der Waals surface area contributed by atoms with E-state index >= 15 is 0 Å². The van der Waals surface area contributed by atoms with Crippen LogP contribution in [0, 0.1) is 0 Å². The minimum absolute atomic E-state index is 0.0186. The molecule has 0 aromatic heterocycles. The SMILES string of the molecule is CC(O)c1ccccc1Oc1cccc(CO)c1. The van der Waals surface area contributed by atoms with E-state index in [0.717, 1.165) is 11.1 Å². The number of para-hydroxylation sites is 1. The van der Waals surface area contributed by atoms with Crippen LogP contribution in [-0.4, -0.2) is 10.2 Å². The van der Waals surface area contributed by atoms with E-state index in [0.29, 0.717) is 11.5 Å². The minimum Gasteiger partial charge on any atom is -0.457 e. The molecule has 1 atom stereocenters. The number of benzene rings is 2. The molecular formula is C15H16O3. The number of rotatable bonds is 4. The molecule has 2 aromatic rings. The van der Waals surface area contributed by atoms with Gasteiger partial charge in [-0.3, -0.25) is 0 Å². The van der Waals surface area contributed by atoms with Crippen molar-refractivity contribution in [2.75, 3.05) is 0 Å². The molecule has 1 unspecified atom stereocenters. The smallest absolute Gasteiger partial charge is 0.133 e. The molecule has 0 heterocycles. The molecule has 0 radical (unpaired) electrons. The van der Waals surface area contributed by atoms with E-state index < -0.39 is 6.10 Å². The maximum atomic E-state index is 9.66. The maximum absolute atomic E-state index is 9.66. The van der Waals surface area contributed by atoms with Crippen molar-refractivity contribution in [2.45, 2.75) is 19.6 Å². The van der Waals surface area contributed by atoms with Gasteiger partial charge in [0, 0.05) is 5.56 Å². The van der Waals surface area contributed by atoms with Gasteiger partial charge in [0.25, 0.3) is 0 Å². The predicted molar refractivity (Wildman–Crippen MR) is 69.5 cm³/mol. The van der Waals surface area contributed by atoms with Crippen molar-refractivity contribution < 1.29 is 14.9 Å². The van der Waals surface area contributed by atoms with Crippen LogP contribution in [0.4, 0.5) is 0 Å². The molecular weight excluding hydrogens is 228 g/mol. The van der Waals surface area contributed by atoms with Crippen LogP contribution in [0.2, 0.25) is 0 Å². The molecule has 0 aliphatic rings. The van der Waals surface area contributed by atoms with E-state index in [1.165, 1.54) is 0 Å². The predicted octanol–water partition coefficient (Wildman–Crippen LogP) is 3.02. The first kappa shape index (κ1) is 12.6. The van der Waals surface area contributed by atoms with Gasteiger partial charge >= 0.3 is 0 Å². The second kappa shape index (κ2) is 5.67. The van der Waals surface area contributed by atoms with Gasteiger partial charge in [0.2, 0.25) is 0 Å². The Labute approximate surface area is 106 Å². The lowest BCUT2D eigenvalue weighted by atomic mass is 10.1. The molecule has 0 fully saturated rings. The van der Waals surface area contributed by atoms with Gasteiger partial charge in [0.05, 0.1) is 12.7 Å². The van der Waals surface area contributed by atoms with Gasteiger partial charge in [0.15, 0.2) is 0 Å². The highest BCUT2D eigenvalue weighted by Gasteiger charge is 2.09. The van der Waals surface area contributed by atoms with Gasteiger partial charge in [-0.05, 0) is 30.7 Å². The van der Waals surface area contributed by atoms with Gasteiger partial charge in [-0.1, -0.05) is 30.3 Å². The molecule has 0 saturated heterocycles. The molecule has 3 nitrogen and oxygen atoms in total. The molecule has 0 spiro atoms. The zero-order valence-corrected chi connectivity index (χ0v) is 10.2. The summed E-state index contributed by atoms with van der Waals surface area (Å²) in [6, 6.07) is 14.6. The van der Waals surface area contributed by atoms with Crippen molar-refractivity contribution in [3.8, 4) is 11.5 Å². The molecule has 0 amide bonds. The summed E-state index contributed by atoms with van der Waals surface area (Å²) in [5.41, 5.74) is 1.54. The molecule has 0 bridgehead atoms. The zero-order chi connectivity index (χ0) is 13.0. The van der Waals surface area contributed by atoms with Crippen LogP contribution in [0.15, 0.2) is 48.5 Å². The normalized spacial score (nSPS) is 12.2. The van der Waals surface area contributed by atoms with Crippen molar-refractivity contribution in [3.05, 3.63) is 59.7 Å². The summed E-state index contributed by atoms with van der Waals surface area (Å²) < 4.78 is 5.74. The van der Waals surface area contributed by atoms with Crippen LogP contribution in [0.1, 0.15) is 24.2 Å². The number of hydrogen-bond donors (Lipinski definition) is 2. The van der Waals surface area contributed by atoms with Crippen molar-refractivity contribution in [3.63, 3.8) is 0 Å². The summed E-state index contributed by atoms with van der Waals surface area (Å²) in [7, 11) is 0. The van der Waals surface area contributed by atoms with Crippen LogP contribution in [0.5, 0.6) is 11.5 Å².